The molecule has 0 bridgehead atoms. The molecule has 2 unspecified atom stereocenters. The van der Waals surface area contributed by atoms with E-state index in [1.807, 2.05) is 0 Å². The van der Waals surface area contributed by atoms with Crippen LogP contribution < -0.4 is 9.47 Å². The number of nitrogens with zero attached hydrogens (tertiary/aromatic N) is 1. The molecule has 1 aliphatic heterocycles. The minimum absolute atomic E-state index is 0.163. The van der Waals surface area contributed by atoms with E-state index in [4.69, 9.17) is 9.47 Å². The van der Waals surface area contributed by atoms with Crippen LogP contribution in [-0.4, -0.2) is 39.5 Å². The van der Waals surface area contributed by atoms with Gasteiger partial charge in [-0.3, -0.25) is 0 Å². The normalized spacial score (nSPS) is 25.7. The van der Waals surface area contributed by atoms with E-state index in [1.165, 1.54) is 13.5 Å². The molecule has 0 radical (unpaired) electrons. The van der Waals surface area contributed by atoms with Gasteiger partial charge in [-0.2, -0.15) is 4.31 Å². The van der Waals surface area contributed by atoms with Gasteiger partial charge in [0.1, 0.15) is 0 Å². The van der Waals surface area contributed by atoms with E-state index in [0.717, 1.165) is 32.1 Å². The van der Waals surface area contributed by atoms with E-state index in [9.17, 15) is 8.42 Å². The van der Waals surface area contributed by atoms with E-state index in [0.29, 0.717) is 28.9 Å². The summed E-state index contributed by atoms with van der Waals surface area (Å²) >= 11 is 0. The van der Waals surface area contributed by atoms with Gasteiger partial charge >= 0.3 is 0 Å². The maximum absolute atomic E-state index is 13.1. The molecule has 3 rings (SSSR count). The highest BCUT2D eigenvalue weighted by Gasteiger charge is 2.40. The third-order valence-corrected chi connectivity index (χ3v) is 7.07. The van der Waals surface area contributed by atoms with Gasteiger partial charge < -0.3 is 9.47 Å². The summed E-state index contributed by atoms with van der Waals surface area (Å²) in [6, 6.07) is 5.01. The first kappa shape index (κ1) is 16.6. The van der Waals surface area contributed by atoms with Crippen LogP contribution in [0.15, 0.2) is 23.1 Å². The van der Waals surface area contributed by atoms with E-state index in [2.05, 4.69) is 0 Å². The number of hydrogen-bond acceptors (Lipinski definition) is 4. The van der Waals surface area contributed by atoms with Crippen molar-refractivity contribution in [2.24, 2.45) is 5.92 Å². The van der Waals surface area contributed by atoms with Crippen molar-refractivity contribution < 1.29 is 17.9 Å². The average Bonchev–Trinajstić information content (AvgIpc) is 2.60. The highest BCUT2D eigenvalue weighted by molar-refractivity contribution is 7.89. The second-order valence-corrected chi connectivity index (χ2v) is 8.28. The van der Waals surface area contributed by atoms with Gasteiger partial charge in [0.2, 0.25) is 10.0 Å². The van der Waals surface area contributed by atoms with Crippen LogP contribution in [0.3, 0.4) is 0 Å². The number of hydrogen-bond donors (Lipinski definition) is 0. The second-order valence-electron chi connectivity index (χ2n) is 6.39. The first-order valence-electron chi connectivity index (χ1n) is 8.32. The Bertz CT molecular complexity index is 657. The maximum atomic E-state index is 13.1. The summed E-state index contributed by atoms with van der Waals surface area (Å²) in [5, 5.41) is 0. The summed E-state index contributed by atoms with van der Waals surface area (Å²) < 4.78 is 38.5. The summed E-state index contributed by atoms with van der Waals surface area (Å²) in [6.45, 7) is 0.623. The van der Waals surface area contributed by atoms with Crippen LogP contribution in [0.2, 0.25) is 0 Å². The summed E-state index contributed by atoms with van der Waals surface area (Å²) in [5.74, 6) is 1.51. The van der Waals surface area contributed by atoms with Crippen LogP contribution in [0.1, 0.15) is 38.5 Å². The lowest BCUT2D eigenvalue weighted by Crippen LogP contribution is -2.49. The van der Waals surface area contributed by atoms with Crippen molar-refractivity contribution >= 4 is 10.0 Å². The minimum Gasteiger partial charge on any atom is -0.493 e. The van der Waals surface area contributed by atoms with Crippen LogP contribution in [0, 0.1) is 5.92 Å². The number of piperidine rings is 1. The van der Waals surface area contributed by atoms with Gasteiger partial charge in [-0.15, -0.1) is 0 Å². The molecule has 2 atom stereocenters. The van der Waals surface area contributed by atoms with Crippen molar-refractivity contribution in [1.29, 1.82) is 0 Å². The molecule has 23 heavy (non-hydrogen) atoms. The van der Waals surface area contributed by atoms with Crippen molar-refractivity contribution in [2.75, 3.05) is 20.8 Å². The van der Waals surface area contributed by atoms with E-state index in [-0.39, 0.29) is 6.04 Å². The first-order chi connectivity index (χ1) is 11.1. The van der Waals surface area contributed by atoms with Gasteiger partial charge in [0.25, 0.3) is 0 Å². The lowest BCUT2D eigenvalue weighted by atomic mass is 9.79. The lowest BCUT2D eigenvalue weighted by Gasteiger charge is -2.43. The zero-order valence-corrected chi connectivity index (χ0v) is 14.6. The Morgan fingerprint density at radius 2 is 1.70 bits per heavy atom. The molecule has 1 saturated heterocycles. The van der Waals surface area contributed by atoms with Gasteiger partial charge in [0.05, 0.1) is 19.1 Å². The van der Waals surface area contributed by atoms with Crippen molar-refractivity contribution in [1.82, 2.24) is 4.31 Å². The smallest absolute Gasteiger partial charge is 0.243 e. The number of ether oxygens (including phenoxy) is 2. The summed E-state index contributed by atoms with van der Waals surface area (Å²) in [6.07, 6.45) is 6.60. The Kier molecular flexibility index (Phi) is 4.82. The molecule has 1 aliphatic carbocycles. The van der Waals surface area contributed by atoms with Crippen molar-refractivity contribution in [3.05, 3.63) is 18.2 Å². The van der Waals surface area contributed by atoms with Gasteiger partial charge in [0.15, 0.2) is 11.5 Å². The SMILES string of the molecule is COc1ccc(S(=O)(=O)N2CCCC3CCCCC32)cc1OC. The molecular weight excluding hydrogens is 314 g/mol. The van der Waals surface area contributed by atoms with Crippen molar-refractivity contribution in [3.8, 4) is 11.5 Å². The molecule has 0 amide bonds. The van der Waals surface area contributed by atoms with Crippen molar-refractivity contribution in [2.45, 2.75) is 49.5 Å². The Hall–Kier alpha value is -1.27. The number of rotatable bonds is 4. The van der Waals surface area contributed by atoms with Gasteiger partial charge in [-0.05, 0) is 43.7 Å². The molecule has 1 heterocycles. The maximum Gasteiger partial charge on any atom is 0.243 e. The fourth-order valence-electron chi connectivity index (χ4n) is 3.99. The number of sulfonamides is 1. The molecule has 1 aromatic rings. The van der Waals surface area contributed by atoms with E-state index in [1.54, 1.807) is 29.6 Å². The van der Waals surface area contributed by atoms with E-state index >= 15 is 0 Å². The van der Waals surface area contributed by atoms with Gasteiger partial charge in [0, 0.05) is 18.7 Å². The Morgan fingerprint density at radius 3 is 2.43 bits per heavy atom. The van der Waals surface area contributed by atoms with Crippen LogP contribution in [0.5, 0.6) is 11.5 Å². The molecule has 128 valence electrons. The first-order valence-corrected chi connectivity index (χ1v) is 9.76. The molecule has 1 aromatic carbocycles. The molecule has 6 heteroatoms. The van der Waals surface area contributed by atoms with E-state index < -0.39 is 10.0 Å². The van der Waals surface area contributed by atoms with Crippen LogP contribution in [0.4, 0.5) is 0 Å². The molecule has 2 fully saturated rings. The highest BCUT2D eigenvalue weighted by atomic mass is 32.2. The predicted molar refractivity (Wildman–Crippen MR) is 88.4 cm³/mol. The quantitative estimate of drug-likeness (QED) is 0.846. The zero-order chi connectivity index (χ0) is 16.4. The third kappa shape index (κ3) is 3.06. The zero-order valence-electron chi connectivity index (χ0n) is 13.8. The Morgan fingerprint density at radius 1 is 1.00 bits per heavy atom. The highest BCUT2D eigenvalue weighted by Crippen LogP contribution is 2.39. The summed E-state index contributed by atoms with van der Waals surface area (Å²) in [5.41, 5.74) is 0. The fourth-order valence-corrected chi connectivity index (χ4v) is 5.76. The monoisotopic (exact) mass is 339 g/mol. The predicted octanol–water partition coefficient (Wildman–Crippen LogP) is 3.05. The number of benzene rings is 1. The Balaban J connectivity index is 1.94. The largest absolute Gasteiger partial charge is 0.493 e. The molecule has 0 aromatic heterocycles. The van der Waals surface area contributed by atoms with Gasteiger partial charge in [-0.25, -0.2) is 8.42 Å². The standard InChI is InChI=1S/C17H25NO4S/c1-21-16-10-9-14(12-17(16)22-2)23(19,20)18-11-5-7-13-6-3-4-8-15(13)18/h9-10,12-13,15H,3-8,11H2,1-2H3. The minimum atomic E-state index is -3.49. The van der Waals surface area contributed by atoms with Crippen molar-refractivity contribution in [3.63, 3.8) is 0 Å². The average molecular weight is 339 g/mol. The molecule has 0 spiro atoms. The number of methoxy groups -OCH3 is 2. The van der Waals surface area contributed by atoms with Gasteiger partial charge in [-0.1, -0.05) is 12.8 Å². The molecule has 2 aliphatic rings. The lowest BCUT2D eigenvalue weighted by molar-refractivity contribution is 0.129. The molecule has 5 nitrogen and oxygen atoms in total. The third-order valence-electron chi connectivity index (χ3n) is 5.15. The van der Waals surface area contributed by atoms with Crippen LogP contribution >= 0.6 is 0 Å². The molecule has 1 saturated carbocycles. The second kappa shape index (κ2) is 6.69. The molecule has 0 N–H and O–H groups in total. The Labute approximate surface area is 138 Å². The topological polar surface area (TPSA) is 55.8 Å². The number of fused-ring (bicyclic) bond motifs is 1. The van der Waals surface area contributed by atoms with Crippen LogP contribution in [0.25, 0.3) is 0 Å². The van der Waals surface area contributed by atoms with Crippen LogP contribution in [-0.2, 0) is 10.0 Å². The molecular formula is C17H25NO4S. The fraction of sp³-hybridized carbons (Fsp3) is 0.647. The summed E-state index contributed by atoms with van der Waals surface area (Å²) in [4.78, 5) is 0.293. The summed E-state index contributed by atoms with van der Waals surface area (Å²) in [7, 11) is -0.427.